The molecule has 3 nitrogen and oxygen atoms in total. The van der Waals surface area contributed by atoms with Crippen LogP contribution in [0.1, 0.15) is 30.5 Å². The Balaban J connectivity index is 0.938. The van der Waals surface area contributed by atoms with Gasteiger partial charge in [-0.3, -0.25) is 0 Å². The van der Waals surface area contributed by atoms with E-state index in [-0.39, 0.29) is 40.8 Å². The van der Waals surface area contributed by atoms with Crippen molar-refractivity contribution in [3.63, 3.8) is 0 Å². The maximum atomic E-state index is 9.58. The van der Waals surface area contributed by atoms with Gasteiger partial charge in [-0.25, -0.2) is 0 Å². The lowest BCUT2D eigenvalue weighted by Gasteiger charge is -2.28. The standard InChI is InChI=1S/C67H49N3/c1-67(2)63-27-14-12-25-59(63)60-39-37-57(44-64(60)67)69(58-38-40-62-61-26-13-15-28-65(61)70(66(62)45-58)53-22-10-5-11-23-53)56-36-33-50-41-49(29-30-51(50)43-56)47-31-34-54(35-32-47)68(52-20-8-4-9-21-52)55-24-16-19-48(42-55)46-17-6-3-7-18-46/h3-45H,1-2H3/i31D,32D,34D,35D. The zero-order chi connectivity index (χ0) is 50.2. The molecule has 1 aliphatic carbocycles. The predicted molar refractivity (Wildman–Crippen MR) is 296 cm³/mol. The molecule has 0 radical (unpaired) electrons. The molecule has 0 spiro atoms. The summed E-state index contributed by atoms with van der Waals surface area (Å²) in [7, 11) is 0. The van der Waals surface area contributed by atoms with Gasteiger partial charge in [0.1, 0.15) is 0 Å². The summed E-state index contributed by atoms with van der Waals surface area (Å²) in [4.78, 5) is 4.19. The van der Waals surface area contributed by atoms with E-state index in [4.69, 9.17) is 0 Å². The summed E-state index contributed by atoms with van der Waals surface area (Å²) in [6, 6.07) is 81.3. The third kappa shape index (κ3) is 6.97. The van der Waals surface area contributed by atoms with E-state index < -0.39 is 0 Å². The zero-order valence-corrected chi connectivity index (χ0v) is 38.9. The molecule has 332 valence electrons. The van der Waals surface area contributed by atoms with Crippen LogP contribution in [-0.2, 0) is 5.41 Å². The number of fused-ring (bicyclic) bond motifs is 7. The van der Waals surface area contributed by atoms with E-state index in [0.29, 0.717) is 5.56 Å². The van der Waals surface area contributed by atoms with Crippen LogP contribution in [0.4, 0.5) is 34.1 Å². The van der Waals surface area contributed by atoms with Gasteiger partial charge in [-0.1, -0.05) is 178 Å². The molecule has 0 aliphatic heterocycles. The van der Waals surface area contributed by atoms with Crippen LogP contribution in [0.25, 0.3) is 71.6 Å². The number of nitrogens with zero attached hydrogens (tertiary/aromatic N) is 3. The van der Waals surface area contributed by atoms with Gasteiger partial charge in [-0.15, -0.1) is 0 Å². The predicted octanol–water partition coefficient (Wildman–Crippen LogP) is 18.5. The van der Waals surface area contributed by atoms with Crippen LogP contribution in [0, 0.1) is 0 Å². The Hall–Kier alpha value is -8.92. The van der Waals surface area contributed by atoms with Gasteiger partial charge in [0.15, 0.2) is 0 Å². The fourth-order valence-electron chi connectivity index (χ4n) is 10.8. The topological polar surface area (TPSA) is 11.4 Å². The summed E-state index contributed by atoms with van der Waals surface area (Å²) in [5, 5.41) is 4.27. The second-order valence-electron chi connectivity index (χ2n) is 18.7. The zero-order valence-electron chi connectivity index (χ0n) is 42.9. The molecule has 13 rings (SSSR count). The first-order valence-electron chi connectivity index (χ1n) is 25.9. The second kappa shape index (κ2) is 16.7. The first kappa shape index (κ1) is 37.1. The van der Waals surface area contributed by atoms with Crippen molar-refractivity contribution in [2.24, 2.45) is 0 Å². The Bertz CT molecular complexity index is 4140. The van der Waals surface area contributed by atoms with Crippen molar-refractivity contribution in [3.05, 3.63) is 272 Å². The van der Waals surface area contributed by atoms with Gasteiger partial charge in [-0.05, 0) is 152 Å². The average molecular weight is 900 g/mol. The van der Waals surface area contributed by atoms with E-state index in [2.05, 4.69) is 169 Å². The molecule has 1 aromatic heterocycles. The van der Waals surface area contributed by atoms with Crippen molar-refractivity contribution in [2.75, 3.05) is 9.80 Å². The molecule has 0 atom stereocenters. The Kier molecular flexibility index (Phi) is 8.85. The number of hydrogen-bond acceptors (Lipinski definition) is 2. The van der Waals surface area contributed by atoms with Gasteiger partial charge < -0.3 is 14.4 Å². The van der Waals surface area contributed by atoms with Gasteiger partial charge in [0.05, 0.1) is 16.5 Å². The van der Waals surface area contributed by atoms with Gasteiger partial charge in [0.2, 0.25) is 0 Å². The van der Waals surface area contributed by atoms with E-state index >= 15 is 0 Å². The molecule has 0 unspecified atom stereocenters. The van der Waals surface area contributed by atoms with Crippen LogP contribution in [0.2, 0.25) is 0 Å². The molecule has 0 bridgehead atoms. The van der Waals surface area contributed by atoms with Crippen molar-refractivity contribution in [1.29, 1.82) is 0 Å². The molecule has 12 aromatic rings. The molecule has 1 heterocycles. The van der Waals surface area contributed by atoms with Crippen molar-refractivity contribution in [3.8, 4) is 39.1 Å². The Morgan fingerprint density at radius 2 is 0.900 bits per heavy atom. The van der Waals surface area contributed by atoms with E-state index in [1.807, 2.05) is 95.9 Å². The third-order valence-corrected chi connectivity index (χ3v) is 14.2. The van der Waals surface area contributed by atoms with Gasteiger partial charge in [-0.2, -0.15) is 0 Å². The van der Waals surface area contributed by atoms with Gasteiger partial charge in [0, 0.05) is 56.0 Å². The number of benzene rings is 11. The van der Waals surface area contributed by atoms with Crippen LogP contribution < -0.4 is 9.80 Å². The number of para-hydroxylation sites is 3. The highest BCUT2D eigenvalue weighted by molar-refractivity contribution is 6.10. The van der Waals surface area contributed by atoms with E-state index in [1.165, 1.54) is 33.0 Å². The van der Waals surface area contributed by atoms with Crippen LogP contribution in [-0.4, -0.2) is 4.57 Å². The van der Waals surface area contributed by atoms with Crippen LogP contribution in [0.5, 0.6) is 0 Å². The monoisotopic (exact) mass is 899 g/mol. The Morgan fingerprint density at radius 3 is 1.73 bits per heavy atom. The lowest BCUT2D eigenvalue weighted by molar-refractivity contribution is 0.660. The van der Waals surface area contributed by atoms with Gasteiger partial charge in [0.25, 0.3) is 0 Å². The van der Waals surface area contributed by atoms with Gasteiger partial charge >= 0.3 is 0 Å². The quantitative estimate of drug-likeness (QED) is 0.143. The molecule has 3 heteroatoms. The van der Waals surface area contributed by atoms with Crippen molar-refractivity contribution in [1.82, 2.24) is 4.57 Å². The van der Waals surface area contributed by atoms with E-state index in [9.17, 15) is 5.48 Å². The van der Waals surface area contributed by atoms with Crippen LogP contribution in [0.3, 0.4) is 0 Å². The highest BCUT2D eigenvalue weighted by atomic mass is 15.1. The summed E-state index contributed by atoms with van der Waals surface area (Å²) < 4.78 is 40.6. The lowest BCUT2D eigenvalue weighted by Crippen LogP contribution is -2.16. The minimum absolute atomic E-state index is 0.103. The molecule has 0 saturated carbocycles. The molecule has 70 heavy (non-hydrogen) atoms. The SMILES string of the molecule is [2H]c1c([2H])c(N(c2ccccc2)c2cccc(-c3ccccc3)c2)c([2H])c([2H])c1-c1ccc2cc(N(c3ccc4c(c3)C(C)(C)c3ccccc3-4)c3ccc4c5ccccc5n(-c5ccccc5)c4c3)ccc2c1. The molecular formula is C67H49N3. The maximum absolute atomic E-state index is 9.58. The molecule has 0 fully saturated rings. The molecule has 11 aromatic carbocycles. The third-order valence-electron chi connectivity index (χ3n) is 14.2. The minimum atomic E-state index is -0.201. The average Bonchev–Trinajstić information content (AvgIpc) is 3.90. The molecule has 0 N–H and O–H groups in total. The fraction of sp³-hybridized carbons (Fsp3) is 0.0448. The fourth-order valence-corrected chi connectivity index (χ4v) is 10.8. The van der Waals surface area contributed by atoms with E-state index in [0.717, 1.165) is 67.1 Å². The maximum Gasteiger partial charge on any atom is 0.0645 e. The van der Waals surface area contributed by atoms with Crippen molar-refractivity contribution in [2.45, 2.75) is 19.3 Å². The molecule has 0 saturated heterocycles. The summed E-state index contributed by atoms with van der Waals surface area (Å²) in [5.74, 6) is 0. The molecular weight excluding hydrogens is 847 g/mol. The highest BCUT2D eigenvalue weighted by Crippen LogP contribution is 2.51. The summed E-state index contributed by atoms with van der Waals surface area (Å²) in [6.45, 7) is 4.64. The number of hydrogen-bond donors (Lipinski definition) is 0. The Labute approximate surface area is 415 Å². The van der Waals surface area contributed by atoms with Crippen molar-refractivity contribution >= 4 is 66.7 Å². The van der Waals surface area contributed by atoms with E-state index in [1.54, 1.807) is 0 Å². The first-order chi connectivity index (χ1) is 36.1. The minimum Gasteiger partial charge on any atom is -0.310 e. The molecule has 0 amide bonds. The second-order valence-corrected chi connectivity index (χ2v) is 18.7. The van der Waals surface area contributed by atoms with Crippen LogP contribution in [0.15, 0.2) is 261 Å². The number of rotatable bonds is 9. The number of anilines is 6. The first-order valence-corrected chi connectivity index (χ1v) is 23.9. The largest absolute Gasteiger partial charge is 0.310 e. The summed E-state index contributed by atoms with van der Waals surface area (Å²) in [6.07, 6.45) is 0. The highest BCUT2D eigenvalue weighted by Gasteiger charge is 2.36. The van der Waals surface area contributed by atoms with Crippen molar-refractivity contribution < 1.29 is 5.48 Å². The summed E-state index contributed by atoms with van der Waals surface area (Å²) >= 11 is 0. The number of aromatic nitrogens is 1. The molecule has 1 aliphatic rings. The van der Waals surface area contributed by atoms with Crippen LogP contribution >= 0.6 is 0 Å². The summed E-state index contributed by atoms with van der Waals surface area (Å²) in [5.41, 5.74) is 15.9. The smallest absolute Gasteiger partial charge is 0.0645 e. The Morgan fingerprint density at radius 1 is 0.343 bits per heavy atom. The lowest BCUT2D eigenvalue weighted by atomic mass is 9.82. The normalized spacial score (nSPS) is 13.3.